The minimum atomic E-state index is -0.427. The van der Waals surface area contributed by atoms with Crippen molar-refractivity contribution in [2.75, 3.05) is 14.2 Å². The van der Waals surface area contributed by atoms with Gasteiger partial charge in [-0.15, -0.1) is 0 Å². The van der Waals surface area contributed by atoms with Gasteiger partial charge >= 0.3 is 11.9 Å². The number of unbranched alkanes of at least 4 members (excludes halogenated alkanes) is 1. The first-order valence-corrected chi connectivity index (χ1v) is 6.93. The zero-order chi connectivity index (χ0) is 15.4. The van der Waals surface area contributed by atoms with E-state index in [-0.39, 0.29) is 0 Å². The number of nitrogens with one attached hydrogen (secondary N) is 1. The molecule has 1 N–H and O–H groups in total. The number of aryl methyl sites for hydroxylation is 1. The van der Waals surface area contributed by atoms with Crippen molar-refractivity contribution in [2.45, 2.75) is 26.2 Å². The number of esters is 2. The molecule has 21 heavy (non-hydrogen) atoms. The summed E-state index contributed by atoms with van der Waals surface area (Å²) in [5, 5.41) is 0.691. The molecule has 1 aromatic carbocycles. The molecule has 1 aromatic heterocycles. The zero-order valence-electron chi connectivity index (χ0n) is 12.5. The van der Waals surface area contributed by atoms with E-state index < -0.39 is 11.9 Å². The molecule has 0 bridgehead atoms. The van der Waals surface area contributed by atoms with E-state index in [1.165, 1.54) is 14.2 Å². The second-order valence-corrected chi connectivity index (χ2v) is 4.83. The number of methoxy groups -OCH3 is 2. The average molecular weight is 289 g/mol. The Morgan fingerprint density at radius 3 is 2.48 bits per heavy atom. The van der Waals surface area contributed by atoms with Crippen LogP contribution >= 0.6 is 0 Å². The van der Waals surface area contributed by atoms with Gasteiger partial charge in [0.1, 0.15) is 0 Å². The lowest BCUT2D eigenvalue weighted by molar-refractivity contribution is 0.0590. The van der Waals surface area contributed by atoms with Gasteiger partial charge in [0.05, 0.1) is 25.3 Å². The molecule has 0 aliphatic heterocycles. The van der Waals surface area contributed by atoms with E-state index in [0.29, 0.717) is 16.5 Å². The monoisotopic (exact) mass is 289 g/mol. The van der Waals surface area contributed by atoms with Crippen LogP contribution in [-0.4, -0.2) is 31.1 Å². The molecule has 0 radical (unpaired) electrons. The Labute approximate surface area is 123 Å². The molecule has 0 saturated heterocycles. The van der Waals surface area contributed by atoms with Crippen LogP contribution in [0.5, 0.6) is 0 Å². The number of aromatic nitrogens is 1. The van der Waals surface area contributed by atoms with E-state index in [0.717, 1.165) is 30.5 Å². The van der Waals surface area contributed by atoms with Crippen LogP contribution in [0.4, 0.5) is 0 Å². The fourth-order valence-electron chi connectivity index (χ4n) is 2.37. The largest absolute Gasteiger partial charge is 0.465 e. The molecule has 5 nitrogen and oxygen atoms in total. The van der Waals surface area contributed by atoms with Crippen LogP contribution in [0.2, 0.25) is 0 Å². The highest BCUT2D eigenvalue weighted by Crippen LogP contribution is 2.26. The fourth-order valence-corrected chi connectivity index (χ4v) is 2.37. The summed E-state index contributed by atoms with van der Waals surface area (Å²) in [6.07, 6.45) is 2.77. The number of rotatable bonds is 5. The van der Waals surface area contributed by atoms with E-state index in [1.807, 2.05) is 0 Å². The number of ether oxygens (including phenoxy) is 2. The Balaban J connectivity index is 2.59. The van der Waals surface area contributed by atoms with Gasteiger partial charge in [-0.25, -0.2) is 9.59 Å². The van der Waals surface area contributed by atoms with Crippen LogP contribution in [0.25, 0.3) is 10.9 Å². The normalized spacial score (nSPS) is 10.6. The van der Waals surface area contributed by atoms with Gasteiger partial charge in [-0.1, -0.05) is 13.3 Å². The van der Waals surface area contributed by atoms with Gasteiger partial charge in [-0.2, -0.15) is 0 Å². The molecule has 5 heteroatoms. The Morgan fingerprint density at radius 2 is 1.86 bits per heavy atom. The van der Waals surface area contributed by atoms with Crippen molar-refractivity contribution in [2.24, 2.45) is 0 Å². The Morgan fingerprint density at radius 1 is 1.14 bits per heavy atom. The molecular weight excluding hydrogens is 270 g/mol. The number of hydrogen-bond donors (Lipinski definition) is 1. The number of carbonyl (C=O) groups excluding carboxylic acids is 2. The highest BCUT2D eigenvalue weighted by atomic mass is 16.5. The van der Waals surface area contributed by atoms with Crippen LogP contribution in [0.15, 0.2) is 18.2 Å². The minimum Gasteiger partial charge on any atom is -0.465 e. The maximum Gasteiger partial charge on any atom is 0.340 e. The Hall–Kier alpha value is -2.30. The van der Waals surface area contributed by atoms with E-state index in [9.17, 15) is 9.59 Å². The van der Waals surface area contributed by atoms with Gasteiger partial charge in [0, 0.05) is 16.6 Å². The van der Waals surface area contributed by atoms with Crippen molar-refractivity contribution in [3.63, 3.8) is 0 Å². The summed E-state index contributed by atoms with van der Waals surface area (Å²) in [6.45, 7) is 2.09. The van der Waals surface area contributed by atoms with Gasteiger partial charge in [-0.05, 0) is 31.0 Å². The smallest absolute Gasteiger partial charge is 0.340 e. The lowest BCUT2D eigenvalue weighted by Crippen LogP contribution is -2.05. The Kier molecular flexibility index (Phi) is 4.62. The van der Waals surface area contributed by atoms with E-state index in [1.54, 1.807) is 18.2 Å². The third-order valence-electron chi connectivity index (χ3n) is 3.47. The van der Waals surface area contributed by atoms with Gasteiger partial charge in [-0.3, -0.25) is 0 Å². The molecule has 0 spiro atoms. The topological polar surface area (TPSA) is 68.4 Å². The number of benzene rings is 1. The number of carbonyl (C=O) groups is 2. The third kappa shape index (κ3) is 2.91. The van der Waals surface area contributed by atoms with Crippen molar-refractivity contribution >= 4 is 22.8 Å². The number of H-pyrrole nitrogens is 1. The molecule has 2 aromatic rings. The molecule has 0 saturated carbocycles. The first-order valence-electron chi connectivity index (χ1n) is 6.93. The van der Waals surface area contributed by atoms with E-state index in [4.69, 9.17) is 9.47 Å². The van der Waals surface area contributed by atoms with E-state index >= 15 is 0 Å². The molecule has 2 rings (SSSR count). The van der Waals surface area contributed by atoms with Crippen LogP contribution in [-0.2, 0) is 15.9 Å². The van der Waals surface area contributed by atoms with Gasteiger partial charge in [0.25, 0.3) is 0 Å². The second-order valence-electron chi connectivity index (χ2n) is 4.83. The highest BCUT2D eigenvalue weighted by Gasteiger charge is 2.20. The second kappa shape index (κ2) is 6.43. The maximum atomic E-state index is 12.1. The van der Waals surface area contributed by atoms with Crippen molar-refractivity contribution in [1.82, 2.24) is 4.98 Å². The van der Waals surface area contributed by atoms with Crippen molar-refractivity contribution in [3.05, 3.63) is 35.0 Å². The fraction of sp³-hybridized carbons (Fsp3) is 0.375. The highest BCUT2D eigenvalue weighted by molar-refractivity contribution is 6.07. The maximum absolute atomic E-state index is 12.1. The standard InChI is InChI=1S/C16H19NO4/c1-4-5-6-13-14(16(19)21-3)11-9-10(15(18)20-2)7-8-12(11)17-13/h7-9,17H,4-6H2,1-3H3. The van der Waals surface area contributed by atoms with Crippen molar-refractivity contribution in [3.8, 4) is 0 Å². The summed E-state index contributed by atoms with van der Waals surface area (Å²) < 4.78 is 9.59. The molecule has 0 aliphatic carbocycles. The Bertz CT molecular complexity index is 672. The molecular formula is C16H19NO4. The summed E-state index contributed by atoms with van der Waals surface area (Å²) in [5.41, 5.74) is 2.58. The molecule has 0 atom stereocenters. The number of fused-ring (bicyclic) bond motifs is 1. The van der Waals surface area contributed by atoms with Crippen LogP contribution in [0.3, 0.4) is 0 Å². The zero-order valence-corrected chi connectivity index (χ0v) is 12.5. The van der Waals surface area contributed by atoms with Crippen LogP contribution in [0, 0.1) is 0 Å². The summed E-state index contributed by atoms with van der Waals surface area (Å²) >= 11 is 0. The van der Waals surface area contributed by atoms with Crippen molar-refractivity contribution in [1.29, 1.82) is 0 Å². The number of aromatic amines is 1. The molecule has 1 heterocycles. The molecule has 112 valence electrons. The first-order chi connectivity index (χ1) is 10.1. The van der Waals surface area contributed by atoms with Crippen LogP contribution in [0.1, 0.15) is 46.2 Å². The lowest BCUT2D eigenvalue weighted by atomic mass is 10.1. The third-order valence-corrected chi connectivity index (χ3v) is 3.47. The molecule has 0 fully saturated rings. The predicted octanol–water partition coefficient (Wildman–Crippen LogP) is 3.08. The van der Waals surface area contributed by atoms with Gasteiger partial charge < -0.3 is 14.5 Å². The minimum absolute atomic E-state index is 0.394. The van der Waals surface area contributed by atoms with E-state index in [2.05, 4.69) is 11.9 Å². The summed E-state index contributed by atoms with van der Waals surface area (Å²) in [6, 6.07) is 5.12. The summed E-state index contributed by atoms with van der Waals surface area (Å²) in [5.74, 6) is -0.821. The summed E-state index contributed by atoms with van der Waals surface area (Å²) in [4.78, 5) is 26.9. The van der Waals surface area contributed by atoms with Crippen molar-refractivity contribution < 1.29 is 19.1 Å². The lowest BCUT2D eigenvalue weighted by Gasteiger charge is -2.03. The number of hydrogen-bond acceptors (Lipinski definition) is 4. The molecule has 0 amide bonds. The SMILES string of the molecule is CCCCc1[nH]c2ccc(C(=O)OC)cc2c1C(=O)OC. The first kappa shape index (κ1) is 15.1. The molecule has 0 aliphatic rings. The summed E-state index contributed by atoms with van der Waals surface area (Å²) in [7, 11) is 2.69. The quantitative estimate of drug-likeness (QED) is 0.859. The van der Waals surface area contributed by atoms with Crippen LogP contribution < -0.4 is 0 Å². The van der Waals surface area contributed by atoms with Gasteiger partial charge in [0.15, 0.2) is 0 Å². The molecule has 0 unspecified atom stereocenters. The van der Waals surface area contributed by atoms with Gasteiger partial charge in [0.2, 0.25) is 0 Å². The average Bonchev–Trinajstić information content (AvgIpc) is 2.88. The predicted molar refractivity (Wildman–Crippen MR) is 79.6 cm³/mol.